The van der Waals surface area contributed by atoms with Crippen molar-refractivity contribution < 1.29 is 14.3 Å². The number of nitrogens with one attached hydrogen (secondary N) is 1. The Morgan fingerprint density at radius 2 is 1.96 bits per heavy atom. The molecule has 5 nitrogen and oxygen atoms in total. The highest BCUT2D eigenvalue weighted by atomic mass is 35.5. The van der Waals surface area contributed by atoms with Gasteiger partial charge in [0.25, 0.3) is 0 Å². The molecule has 3 aromatic rings. The van der Waals surface area contributed by atoms with Gasteiger partial charge in [-0.15, -0.1) is 0 Å². The number of hydrogen-bond donors (Lipinski definition) is 1. The third-order valence-electron chi connectivity index (χ3n) is 3.91. The van der Waals surface area contributed by atoms with E-state index in [-0.39, 0.29) is 12.5 Å². The van der Waals surface area contributed by atoms with Gasteiger partial charge in [0.15, 0.2) is 0 Å². The summed E-state index contributed by atoms with van der Waals surface area (Å²) in [5.74, 6) is -0.667. The summed E-state index contributed by atoms with van der Waals surface area (Å²) < 4.78 is 6.54. The Hall–Kier alpha value is -2.79. The van der Waals surface area contributed by atoms with Gasteiger partial charge in [-0.25, -0.2) is 4.79 Å². The van der Waals surface area contributed by atoms with Crippen molar-refractivity contribution in [3.8, 4) is 0 Å². The minimum Gasteiger partial charge on any atom is -0.465 e. The largest absolute Gasteiger partial charge is 0.465 e. The number of fused-ring (bicyclic) bond motifs is 1. The van der Waals surface area contributed by atoms with Gasteiger partial charge in [0.2, 0.25) is 5.91 Å². The van der Waals surface area contributed by atoms with Crippen molar-refractivity contribution in [3.63, 3.8) is 0 Å². The molecule has 0 spiro atoms. The number of carbonyl (C=O) groups excluding carboxylic acids is 2. The lowest BCUT2D eigenvalue weighted by Gasteiger charge is -2.09. The Morgan fingerprint density at radius 3 is 2.68 bits per heavy atom. The predicted molar refractivity (Wildman–Crippen MR) is 98.1 cm³/mol. The zero-order valence-corrected chi connectivity index (χ0v) is 14.6. The number of carbonyl (C=O) groups is 2. The molecular weight excluding hydrogens is 340 g/mol. The summed E-state index contributed by atoms with van der Waals surface area (Å²) in [5.41, 5.74) is 2.79. The van der Waals surface area contributed by atoms with Crippen molar-refractivity contribution >= 4 is 40.1 Å². The minimum atomic E-state index is -0.433. The number of hydrogen-bond acceptors (Lipinski definition) is 3. The second kappa shape index (κ2) is 6.99. The van der Waals surface area contributed by atoms with Gasteiger partial charge in [0, 0.05) is 17.1 Å². The molecule has 1 aromatic heterocycles. The highest BCUT2D eigenvalue weighted by Crippen LogP contribution is 2.24. The average Bonchev–Trinajstić information content (AvgIpc) is 2.95. The second-order valence-corrected chi connectivity index (χ2v) is 6.12. The van der Waals surface area contributed by atoms with Crippen molar-refractivity contribution in [1.82, 2.24) is 4.57 Å². The second-order valence-electron chi connectivity index (χ2n) is 5.71. The maximum absolute atomic E-state index is 12.4. The Bertz CT molecular complexity index is 962. The topological polar surface area (TPSA) is 60.3 Å². The molecule has 2 aromatic carbocycles. The number of halogens is 1. The van der Waals surface area contributed by atoms with Crippen LogP contribution in [0.15, 0.2) is 48.7 Å². The van der Waals surface area contributed by atoms with Crippen molar-refractivity contribution in [2.45, 2.75) is 13.5 Å². The Kier molecular flexibility index (Phi) is 4.76. The molecule has 0 aliphatic heterocycles. The molecule has 0 saturated heterocycles. The fraction of sp³-hybridized carbons (Fsp3) is 0.158. The van der Waals surface area contributed by atoms with E-state index in [1.807, 2.05) is 37.3 Å². The van der Waals surface area contributed by atoms with Crippen LogP contribution in [0.4, 0.5) is 5.69 Å². The molecule has 0 fully saturated rings. The highest BCUT2D eigenvalue weighted by Gasteiger charge is 2.16. The van der Waals surface area contributed by atoms with Crippen LogP contribution < -0.4 is 5.32 Å². The Morgan fingerprint density at radius 1 is 1.20 bits per heavy atom. The molecule has 0 radical (unpaired) electrons. The first-order chi connectivity index (χ1) is 12.0. The lowest BCUT2D eigenvalue weighted by molar-refractivity contribution is -0.116. The van der Waals surface area contributed by atoms with Gasteiger partial charge < -0.3 is 14.6 Å². The molecule has 0 bridgehead atoms. The molecule has 25 heavy (non-hydrogen) atoms. The van der Waals surface area contributed by atoms with Gasteiger partial charge >= 0.3 is 5.97 Å². The van der Waals surface area contributed by atoms with Crippen molar-refractivity contribution in [1.29, 1.82) is 0 Å². The van der Waals surface area contributed by atoms with Crippen LogP contribution in [-0.2, 0) is 16.1 Å². The van der Waals surface area contributed by atoms with E-state index in [0.717, 1.165) is 16.5 Å². The van der Waals surface area contributed by atoms with Crippen LogP contribution >= 0.6 is 11.6 Å². The van der Waals surface area contributed by atoms with E-state index in [1.165, 1.54) is 7.11 Å². The predicted octanol–water partition coefficient (Wildman–Crippen LogP) is 4.03. The number of nitrogens with zero attached hydrogens (tertiary/aromatic N) is 1. The molecule has 0 unspecified atom stereocenters. The van der Waals surface area contributed by atoms with Gasteiger partial charge in [-0.2, -0.15) is 0 Å². The smallest absolute Gasteiger partial charge is 0.340 e. The van der Waals surface area contributed by atoms with Gasteiger partial charge in [-0.1, -0.05) is 35.9 Å². The maximum Gasteiger partial charge on any atom is 0.340 e. The molecule has 128 valence electrons. The molecule has 0 saturated carbocycles. The first kappa shape index (κ1) is 17.0. The number of aromatic nitrogens is 1. The SMILES string of the molecule is COC(=O)c1cn(CC(=O)Nc2ccc(C)cc2Cl)c2ccccc12. The fourth-order valence-corrected chi connectivity index (χ4v) is 3.00. The van der Waals surface area contributed by atoms with E-state index in [0.29, 0.717) is 16.3 Å². The van der Waals surface area contributed by atoms with Crippen LogP contribution in [0, 0.1) is 6.92 Å². The molecule has 1 heterocycles. The van der Waals surface area contributed by atoms with Gasteiger partial charge in [0.1, 0.15) is 6.54 Å². The van der Waals surface area contributed by atoms with Crippen LogP contribution in [0.5, 0.6) is 0 Å². The zero-order chi connectivity index (χ0) is 18.0. The van der Waals surface area contributed by atoms with E-state index in [9.17, 15) is 9.59 Å². The van der Waals surface area contributed by atoms with E-state index in [4.69, 9.17) is 16.3 Å². The Labute approximate surface area is 150 Å². The summed E-state index contributed by atoms with van der Waals surface area (Å²) in [4.78, 5) is 24.3. The molecule has 3 rings (SSSR count). The van der Waals surface area contributed by atoms with E-state index >= 15 is 0 Å². The van der Waals surface area contributed by atoms with Crippen LogP contribution in [0.25, 0.3) is 10.9 Å². The van der Waals surface area contributed by atoms with Gasteiger partial charge in [-0.3, -0.25) is 4.79 Å². The number of para-hydroxylation sites is 1. The molecule has 1 N–H and O–H groups in total. The van der Waals surface area contributed by atoms with Gasteiger partial charge in [0.05, 0.1) is 23.4 Å². The summed E-state index contributed by atoms with van der Waals surface area (Å²) in [6.45, 7) is 1.99. The maximum atomic E-state index is 12.4. The van der Waals surface area contributed by atoms with Crippen molar-refractivity contribution in [2.75, 3.05) is 12.4 Å². The third-order valence-corrected chi connectivity index (χ3v) is 4.22. The number of benzene rings is 2. The number of aryl methyl sites for hydroxylation is 1. The summed E-state index contributed by atoms with van der Waals surface area (Å²) >= 11 is 6.15. The highest BCUT2D eigenvalue weighted by molar-refractivity contribution is 6.33. The quantitative estimate of drug-likeness (QED) is 0.718. The van der Waals surface area contributed by atoms with Crippen LogP contribution in [-0.4, -0.2) is 23.6 Å². The van der Waals surface area contributed by atoms with Crippen molar-refractivity contribution in [2.24, 2.45) is 0 Å². The lowest BCUT2D eigenvalue weighted by Crippen LogP contribution is -2.18. The number of ether oxygens (including phenoxy) is 1. The number of methoxy groups -OCH3 is 1. The third kappa shape index (κ3) is 3.51. The van der Waals surface area contributed by atoms with E-state index in [2.05, 4.69) is 5.32 Å². The summed E-state index contributed by atoms with van der Waals surface area (Å²) in [5, 5.41) is 4.03. The summed E-state index contributed by atoms with van der Waals surface area (Å²) in [6, 6.07) is 12.8. The normalized spacial score (nSPS) is 10.7. The van der Waals surface area contributed by atoms with Crippen LogP contribution in [0.2, 0.25) is 5.02 Å². The zero-order valence-electron chi connectivity index (χ0n) is 13.9. The Balaban J connectivity index is 1.87. The molecule has 6 heteroatoms. The lowest BCUT2D eigenvalue weighted by atomic mass is 10.2. The van der Waals surface area contributed by atoms with Gasteiger partial charge in [-0.05, 0) is 30.7 Å². The number of esters is 1. The van der Waals surface area contributed by atoms with E-state index < -0.39 is 5.97 Å². The van der Waals surface area contributed by atoms with Crippen LogP contribution in [0.1, 0.15) is 15.9 Å². The average molecular weight is 357 g/mol. The minimum absolute atomic E-state index is 0.0573. The summed E-state index contributed by atoms with van der Waals surface area (Å²) in [7, 11) is 1.33. The molecule has 0 aliphatic rings. The van der Waals surface area contributed by atoms with E-state index in [1.54, 1.807) is 22.9 Å². The molecule has 0 atom stereocenters. The van der Waals surface area contributed by atoms with Crippen LogP contribution in [0.3, 0.4) is 0 Å². The number of amides is 1. The first-order valence-electron chi connectivity index (χ1n) is 7.72. The molecule has 1 amide bonds. The number of rotatable bonds is 4. The first-order valence-corrected chi connectivity index (χ1v) is 8.09. The molecule has 0 aliphatic carbocycles. The summed E-state index contributed by atoms with van der Waals surface area (Å²) in [6.07, 6.45) is 1.63. The fourth-order valence-electron chi connectivity index (χ4n) is 2.72. The number of anilines is 1. The monoisotopic (exact) mass is 356 g/mol. The molecular formula is C19H17ClN2O3. The standard InChI is InChI=1S/C19H17ClN2O3/c1-12-7-8-16(15(20)9-12)21-18(23)11-22-10-14(19(24)25-2)13-5-3-4-6-17(13)22/h3-10H,11H2,1-2H3,(H,21,23). The van der Waals surface area contributed by atoms with Crippen molar-refractivity contribution in [3.05, 3.63) is 64.8 Å².